The van der Waals surface area contributed by atoms with Gasteiger partial charge in [-0.3, -0.25) is 4.79 Å². The van der Waals surface area contributed by atoms with E-state index in [4.69, 9.17) is 21.1 Å². The molecule has 1 amide bonds. The molecule has 0 fully saturated rings. The smallest absolute Gasteiger partial charge is 0.416 e. The molecule has 0 spiro atoms. The van der Waals surface area contributed by atoms with Gasteiger partial charge >= 0.3 is 6.18 Å². The average molecular weight is 558 g/mol. The van der Waals surface area contributed by atoms with Crippen molar-refractivity contribution in [2.24, 2.45) is 0 Å². The summed E-state index contributed by atoms with van der Waals surface area (Å²) < 4.78 is 50.7. The molecule has 1 aliphatic rings. The van der Waals surface area contributed by atoms with Gasteiger partial charge in [-0.1, -0.05) is 41.9 Å². The predicted octanol–water partition coefficient (Wildman–Crippen LogP) is 7.89. The third-order valence-electron chi connectivity index (χ3n) is 6.63. The highest BCUT2D eigenvalue weighted by molar-refractivity contribution is 7.17. The number of amides is 1. The molecule has 1 atom stereocenters. The van der Waals surface area contributed by atoms with Gasteiger partial charge in [0.2, 0.25) is 0 Å². The number of hydrogen-bond donors (Lipinski definition) is 0. The summed E-state index contributed by atoms with van der Waals surface area (Å²) in [6.07, 6.45) is -3.85. The number of nitrogens with zero attached hydrogens (tertiary/aromatic N) is 1. The molecule has 0 bridgehead atoms. The van der Waals surface area contributed by atoms with Gasteiger partial charge in [0.15, 0.2) is 11.5 Å². The normalized spacial score (nSPS) is 15.2. The van der Waals surface area contributed by atoms with E-state index >= 15 is 0 Å². The topological polar surface area (TPSA) is 38.8 Å². The zero-order valence-corrected chi connectivity index (χ0v) is 22.1. The molecule has 0 unspecified atom stereocenters. The lowest BCUT2D eigenvalue weighted by molar-refractivity contribution is -0.137. The number of carbonyl (C=O) groups excluding carboxylic acids is 1. The highest BCUT2D eigenvalue weighted by Crippen LogP contribution is 2.44. The van der Waals surface area contributed by atoms with Gasteiger partial charge < -0.3 is 14.4 Å². The van der Waals surface area contributed by atoms with Crippen molar-refractivity contribution in [1.82, 2.24) is 4.90 Å². The Bertz CT molecular complexity index is 1500. The predicted molar refractivity (Wildman–Crippen MR) is 142 cm³/mol. The molecule has 0 aliphatic carbocycles. The molecule has 1 aliphatic heterocycles. The molecule has 0 N–H and O–H groups in total. The molecule has 38 heavy (non-hydrogen) atoms. The first-order chi connectivity index (χ1) is 18.2. The Balaban J connectivity index is 1.55. The molecule has 0 saturated carbocycles. The van der Waals surface area contributed by atoms with Gasteiger partial charge in [-0.2, -0.15) is 13.2 Å². The van der Waals surface area contributed by atoms with Crippen molar-refractivity contribution in [2.45, 2.75) is 18.6 Å². The summed E-state index contributed by atoms with van der Waals surface area (Å²) >= 11 is 7.79. The lowest BCUT2D eigenvalue weighted by Gasteiger charge is -2.38. The largest absolute Gasteiger partial charge is 0.493 e. The summed E-state index contributed by atoms with van der Waals surface area (Å²) in [5.74, 6) is 0.923. The molecule has 1 aromatic heterocycles. The van der Waals surface area contributed by atoms with Crippen LogP contribution in [-0.4, -0.2) is 31.6 Å². The van der Waals surface area contributed by atoms with Gasteiger partial charge in [0.25, 0.3) is 5.91 Å². The third-order valence-corrected chi connectivity index (χ3v) is 8.09. The van der Waals surface area contributed by atoms with Crippen LogP contribution in [-0.2, 0) is 12.6 Å². The van der Waals surface area contributed by atoms with Gasteiger partial charge in [-0.25, -0.2) is 0 Å². The molecule has 4 nitrogen and oxygen atoms in total. The number of carbonyl (C=O) groups is 1. The van der Waals surface area contributed by atoms with E-state index in [-0.39, 0.29) is 5.91 Å². The Labute approximate surface area is 227 Å². The Morgan fingerprint density at radius 2 is 1.68 bits per heavy atom. The summed E-state index contributed by atoms with van der Waals surface area (Å²) in [4.78, 5) is 16.7. The first-order valence-electron chi connectivity index (χ1n) is 11.8. The first-order valence-corrected chi connectivity index (χ1v) is 13.0. The maximum absolute atomic E-state index is 13.9. The van der Waals surface area contributed by atoms with Crippen LogP contribution in [0.15, 0.2) is 72.8 Å². The zero-order valence-electron chi connectivity index (χ0n) is 20.5. The highest BCUT2D eigenvalue weighted by Gasteiger charge is 2.35. The fourth-order valence-corrected chi connectivity index (χ4v) is 5.99. The van der Waals surface area contributed by atoms with E-state index in [1.165, 1.54) is 17.4 Å². The Kier molecular flexibility index (Phi) is 7.11. The van der Waals surface area contributed by atoms with Crippen LogP contribution in [0.5, 0.6) is 11.5 Å². The van der Waals surface area contributed by atoms with Crippen LogP contribution in [0.25, 0.3) is 10.4 Å². The monoisotopic (exact) mass is 557 g/mol. The molecule has 5 rings (SSSR count). The number of ether oxygens (including phenoxy) is 2. The minimum Gasteiger partial charge on any atom is -0.493 e. The first kappa shape index (κ1) is 26.1. The van der Waals surface area contributed by atoms with Crippen LogP contribution in [0.3, 0.4) is 0 Å². The summed E-state index contributed by atoms with van der Waals surface area (Å²) in [6.45, 7) is 0.425. The fourth-order valence-electron chi connectivity index (χ4n) is 4.80. The number of fused-ring (bicyclic) bond motifs is 1. The van der Waals surface area contributed by atoms with Gasteiger partial charge in [-0.15, -0.1) is 11.3 Å². The molecule has 3 aromatic carbocycles. The Morgan fingerprint density at radius 1 is 0.947 bits per heavy atom. The van der Waals surface area contributed by atoms with Crippen molar-refractivity contribution in [2.75, 3.05) is 20.8 Å². The van der Waals surface area contributed by atoms with E-state index in [0.29, 0.717) is 44.8 Å². The van der Waals surface area contributed by atoms with Crippen LogP contribution >= 0.6 is 22.9 Å². The van der Waals surface area contributed by atoms with E-state index in [9.17, 15) is 18.0 Å². The maximum Gasteiger partial charge on any atom is 0.416 e. The molecule has 196 valence electrons. The molecular weight excluding hydrogens is 535 g/mol. The summed E-state index contributed by atoms with van der Waals surface area (Å²) in [7, 11) is 3.13. The second kappa shape index (κ2) is 10.3. The van der Waals surface area contributed by atoms with Gasteiger partial charge in [-0.05, 0) is 71.1 Å². The van der Waals surface area contributed by atoms with Crippen molar-refractivity contribution in [3.8, 4) is 21.9 Å². The number of thiophene rings is 1. The number of methoxy groups -OCH3 is 2. The van der Waals surface area contributed by atoms with Crippen molar-refractivity contribution in [3.63, 3.8) is 0 Å². The van der Waals surface area contributed by atoms with E-state index < -0.39 is 17.8 Å². The minimum atomic E-state index is -4.45. The quantitative estimate of drug-likeness (QED) is 0.250. The van der Waals surface area contributed by atoms with E-state index in [0.717, 1.165) is 28.8 Å². The van der Waals surface area contributed by atoms with Crippen LogP contribution < -0.4 is 9.47 Å². The minimum absolute atomic E-state index is 0.224. The second-order valence-corrected chi connectivity index (χ2v) is 10.3. The van der Waals surface area contributed by atoms with Crippen molar-refractivity contribution >= 4 is 28.8 Å². The van der Waals surface area contributed by atoms with Gasteiger partial charge in [0, 0.05) is 16.4 Å². The van der Waals surface area contributed by atoms with Crippen molar-refractivity contribution < 1.29 is 27.4 Å². The lowest BCUT2D eigenvalue weighted by Crippen LogP contribution is -2.40. The summed E-state index contributed by atoms with van der Waals surface area (Å²) in [6, 6.07) is 19.2. The van der Waals surface area contributed by atoms with E-state index in [1.54, 1.807) is 43.4 Å². The summed E-state index contributed by atoms with van der Waals surface area (Å²) in [5.41, 5.74) is 2.35. The zero-order chi connectivity index (χ0) is 27.0. The Morgan fingerprint density at radius 3 is 2.39 bits per heavy atom. The van der Waals surface area contributed by atoms with Crippen LogP contribution in [0.1, 0.15) is 38.0 Å². The second-order valence-electron chi connectivity index (χ2n) is 8.82. The fraction of sp³-hybridized carbons (Fsp3) is 0.207. The Hall–Kier alpha value is -3.49. The third kappa shape index (κ3) is 4.86. The molecule has 4 aromatic rings. The van der Waals surface area contributed by atoms with Crippen LogP contribution in [0, 0.1) is 0 Å². The lowest BCUT2D eigenvalue weighted by atomic mass is 9.87. The maximum atomic E-state index is 13.9. The van der Waals surface area contributed by atoms with Crippen LogP contribution in [0.4, 0.5) is 13.2 Å². The molecule has 2 heterocycles. The molecular formula is C29H23ClF3NO3S. The average Bonchev–Trinajstić information content (AvgIpc) is 3.42. The van der Waals surface area contributed by atoms with Gasteiger partial charge in [0.1, 0.15) is 0 Å². The molecule has 0 radical (unpaired) electrons. The number of alkyl halides is 3. The standard InChI is InChI=1S/C29H23ClF3NO3S/c1-36-23-15-17-12-13-34(27(21(17)16-24(23)37-2)20-8-3-4-9-22(20)30)28(35)26-11-10-25(38-26)18-6-5-7-19(14-18)29(31,32)33/h3-11,14-16,27H,12-13H2,1-2H3/t27-/m1/s1. The van der Waals surface area contributed by atoms with Crippen molar-refractivity contribution in [3.05, 3.63) is 105 Å². The number of hydrogen-bond acceptors (Lipinski definition) is 4. The van der Waals surface area contributed by atoms with E-state index in [2.05, 4.69) is 0 Å². The number of halogens is 4. The SMILES string of the molecule is COc1cc2c(cc1OC)[C@@H](c1ccccc1Cl)N(C(=O)c1ccc(-c3cccc(C(F)(F)F)c3)s1)CC2. The number of benzene rings is 3. The van der Waals surface area contributed by atoms with Crippen molar-refractivity contribution in [1.29, 1.82) is 0 Å². The van der Waals surface area contributed by atoms with Crippen LogP contribution in [0.2, 0.25) is 5.02 Å². The molecule has 9 heteroatoms. The summed E-state index contributed by atoms with van der Waals surface area (Å²) in [5, 5.41) is 0.522. The van der Waals surface area contributed by atoms with Gasteiger partial charge in [0.05, 0.1) is 30.7 Å². The highest BCUT2D eigenvalue weighted by atomic mass is 35.5. The molecule has 0 saturated heterocycles. The van der Waals surface area contributed by atoms with E-state index in [1.807, 2.05) is 30.3 Å². The number of rotatable bonds is 5.